The molecule has 0 aromatic heterocycles. The number of hydrogen-bond donors (Lipinski definition) is 0. The molecule has 1 atom stereocenters. The van der Waals surface area contributed by atoms with E-state index in [-0.39, 0.29) is 0 Å². The molecule has 1 rings (SSSR count). The summed E-state index contributed by atoms with van der Waals surface area (Å²) in [6, 6.07) is 0. The van der Waals surface area contributed by atoms with Crippen molar-refractivity contribution in [2.45, 2.75) is 51.9 Å². The number of rotatable bonds is 8. The molecule has 1 aliphatic carbocycles. The Morgan fingerprint density at radius 3 is 2.89 bits per heavy atom. The van der Waals surface area contributed by atoms with E-state index in [1.165, 1.54) is 0 Å². The van der Waals surface area contributed by atoms with Crippen LogP contribution in [0.2, 0.25) is 0 Å². The zero-order valence-electron chi connectivity index (χ0n) is 12.1. The van der Waals surface area contributed by atoms with E-state index in [1.54, 1.807) is 6.08 Å². The van der Waals surface area contributed by atoms with Crippen LogP contribution in [0.3, 0.4) is 0 Å². The van der Waals surface area contributed by atoms with Gasteiger partial charge < -0.3 is 0 Å². The highest BCUT2D eigenvalue weighted by molar-refractivity contribution is 5.96. The lowest BCUT2D eigenvalue weighted by atomic mass is 9.83. The summed E-state index contributed by atoms with van der Waals surface area (Å²) in [5, 5.41) is 0. The first-order valence-electron chi connectivity index (χ1n) is 7.47. The second-order valence-electron chi connectivity index (χ2n) is 5.06. The van der Waals surface area contributed by atoms with Crippen molar-refractivity contribution in [3.63, 3.8) is 0 Å². The lowest BCUT2D eigenvalue weighted by Crippen LogP contribution is -2.15. The van der Waals surface area contributed by atoms with Crippen LogP contribution in [-0.2, 0) is 4.79 Å². The number of allylic oxidation sites excluding steroid dienone is 7. The minimum absolute atomic E-state index is 0.391. The molecule has 1 unspecified atom stereocenters. The fourth-order valence-electron chi connectivity index (χ4n) is 2.55. The van der Waals surface area contributed by atoms with E-state index < -0.39 is 0 Å². The Hall–Kier alpha value is -1.37. The quantitative estimate of drug-likeness (QED) is 0.434. The number of hydrogen-bond acceptors (Lipinski definition) is 1. The Morgan fingerprint density at radius 1 is 1.37 bits per heavy atom. The summed E-state index contributed by atoms with van der Waals surface area (Å²) in [5.74, 6) is 0.868. The van der Waals surface area contributed by atoms with Crippen molar-refractivity contribution >= 4 is 5.78 Å². The summed E-state index contributed by atoms with van der Waals surface area (Å²) in [5.41, 5.74) is 1.12. The molecule has 0 spiro atoms. The number of Topliss-reactive ketones (excluding diaryl/α,β-unsaturated/α-hetero) is 1. The van der Waals surface area contributed by atoms with Crippen LogP contribution in [0, 0.1) is 5.92 Å². The number of unbranched alkanes of at least 4 members (excludes halogenated alkanes) is 1. The van der Waals surface area contributed by atoms with Crippen molar-refractivity contribution in [1.82, 2.24) is 0 Å². The maximum atomic E-state index is 11.9. The average Bonchev–Trinajstić information content (AvgIpc) is 2.43. The molecule has 0 amide bonds. The first-order valence-corrected chi connectivity index (χ1v) is 7.47. The fourth-order valence-corrected chi connectivity index (χ4v) is 2.55. The molecule has 0 fully saturated rings. The Labute approximate surface area is 117 Å². The molecule has 0 saturated heterocycles. The van der Waals surface area contributed by atoms with Crippen LogP contribution in [0.4, 0.5) is 0 Å². The zero-order valence-corrected chi connectivity index (χ0v) is 12.1. The minimum Gasteiger partial charge on any atom is -0.295 e. The number of carbonyl (C=O) groups excluding carboxylic acids is 1. The third kappa shape index (κ3) is 5.87. The third-order valence-corrected chi connectivity index (χ3v) is 3.64. The largest absolute Gasteiger partial charge is 0.295 e. The maximum Gasteiger partial charge on any atom is 0.158 e. The summed E-state index contributed by atoms with van der Waals surface area (Å²) in [7, 11) is 0. The van der Waals surface area contributed by atoms with E-state index in [0.29, 0.717) is 11.7 Å². The lowest BCUT2D eigenvalue weighted by molar-refractivity contribution is -0.116. The van der Waals surface area contributed by atoms with Crippen LogP contribution in [0.1, 0.15) is 51.9 Å². The van der Waals surface area contributed by atoms with Gasteiger partial charge in [0.05, 0.1) is 0 Å². The highest BCUT2D eigenvalue weighted by Gasteiger charge is 2.20. The summed E-state index contributed by atoms with van der Waals surface area (Å²) < 4.78 is 0. The topological polar surface area (TPSA) is 17.1 Å². The zero-order chi connectivity index (χ0) is 13.9. The third-order valence-electron chi connectivity index (χ3n) is 3.64. The molecular weight excluding hydrogens is 232 g/mol. The van der Waals surface area contributed by atoms with Crippen LogP contribution in [0.25, 0.3) is 0 Å². The van der Waals surface area contributed by atoms with Gasteiger partial charge in [0.1, 0.15) is 0 Å². The molecule has 0 heterocycles. The van der Waals surface area contributed by atoms with Gasteiger partial charge in [-0.05, 0) is 50.0 Å². The van der Waals surface area contributed by atoms with Gasteiger partial charge in [-0.2, -0.15) is 0 Å². The van der Waals surface area contributed by atoms with E-state index >= 15 is 0 Å². The van der Waals surface area contributed by atoms with Crippen LogP contribution in [-0.4, -0.2) is 5.78 Å². The van der Waals surface area contributed by atoms with Crippen molar-refractivity contribution in [2.75, 3.05) is 0 Å². The number of ketones is 1. The minimum atomic E-state index is 0.391. The summed E-state index contributed by atoms with van der Waals surface area (Å²) in [6.07, 6.45) is 19.5. The van der Waals surface area contributed by atoms with Crippen molar-refractivity contribution in [3.8, 4) is 0 Å². The number of carbonyl (C=O) groups is 1. The molecule has 0 radical (unpaired) electrons. The van der Waals surface area contributed by atoms with Gasteiger partial charge in [0.15, 0.2) is 5.78 Å². The Morgan fingerprint density at radius 2 is 2.21 bits per heavy atom. The van der Waals surface area contributed by atoms with E-state index in [0.717, 1.165) is 50.5 Å². The van der Waals surface area contributed by atoms with Crippen LogP contribution < -0.4 is 0 Å². The first-order chi connectivity index (χ1) is 9.29. The predicted octanol–water partition coefficient (Wildman–Crippen LogP) is 5.16. The molecule has 1 nitrogen and oxygen atoms in total. The standard InChI is InChI=1S/C18H26O/c1-3-5-6-7-8-9-10-13-16(4-2)17-14-11-12-15-18(17)19/h3,5-8,14,16H,1,4,9-13,15H2,2H3. The van der Waals surface area contributed by atoms with Gasteiger partial charge in [-0.15, -0.1) is 0 Å². The molecule has 104 valence electrons. The Kier molecular flexibility index (Phi) is 7.88. The Bertz CT molecular complexity index is 371. The van der Waals surface area contributed by atoms with Gasteiger partial charge in [-0.3, -0.25) is 4.79 Å². The molecule has 1 heteroatoms. The van der Waals surface area contributed by atoms with Crippen molar-refractivity contribution in [2.24, 2.45) is 5.92 Å². The van der Waals surface area contributed by atoms with E-state index in [1.807, 2.05) is 12.2 Å². The van der Waals surface area contributed by atoms with E-state index in [2.05, 4.69) is 31.7 Å². The average molecular weight is 258 g/mol. The monoisotopic (exact) mass is 258 g/mol. The van der Waals surface area contributed by atoms with E-state index in [9.17, 15) is 4.79 Å². The second-order valence-corrected chi connectivity index (χ2v) is 5.06. The molecule has 0 saturated carbocycles. The van der Waals surface area contributed by atoms with Gasteiger partial charge in [0.25, 0.3) is 0 Å². The molecule has 0 aromatic rings. The molecule has 1 aliphatic rings. The van der Waals surface area contributed by atoms with Gasteiger partial charge >= 0.3 is 0 Å². The van der Waals surface area contributed by atoms with Gasteiger partial charge in [-0.1, -0.05) is 50.0 Å². The lowest BCUT2D eigenvalue weighted by Gasteiger charge is -2.20. The van der Waals surface area contributed by atoms with Gasteiger partial charge in [0, 0.05) is 6.42 Å². The SMILES string of the molecule is C=CC=CC=CCCCC(CC)C1=CCCCC1=O. The van der Waals surface area contributed by atoms with Crippen molar-refractivity contribution in [1.29, 1.82) is 0 Å². The van der Waals surface area contributed by atoms with Gasteiger partial charge in [-0.25, -0.2) is 0 Å². The highest BCUT2D eigenvalue weighted by Crippen LogP contribution is 2.27. The van der Waals surface area contributed by atoms with Gasteiger partial charge in [0.2, 0.25) is 0 Å². The molecule has 0 aromatic carbocycles. The summed E-state index contributed by atoms with van der Waals surface area (Å²) in [6.45, 7) is 5.82. The fraction of sp³-hybridized carbons (Fsp3) is 0.500. The molecule has 19 heavy (non-hydrogen) atoms. The van der Waals surface area contributed by atoms with E-state index in [4.69, 9.17) is 0 Å². The van der Waals surface area contributed by atoms with Crippen LogP contribution in [0.5, 0.6) is 0 Å². The molecule has 0 bridgehead atoms. The van der Waals surface area contributed by atoms with Crippen molar-refractivity contribution < 1.29 is 4.79 Å². The predicted molar refractivity (Wildman–Crippen MR) is 83.1 cm³/mol. The maximum absolute atomic E-state index is 11.9. The summed E-state index contributed by atoms with van der Waals surface area (Å²) in [4.78, 5) is 11.9. The summed E-state index contributed by atoms with van der Waals surface area (Å²) >= 11 is 0. The highest BCUT2D eigenvalue weighted by atomic mass is 16.1. The van der Waals surface area contributed by atoms with Crippen LogP contribution in [0.15, 0.2) is 48.6 Å². The second kappa shape index (κ2) is 9.55. The molecule has 0 N–H and O–H groups in total. The first kappa shape index (κ1) is 15.7. The normalized spacial score (nSPS) is 17.9. The molecular formula is C18H26O. The Balaban J connectivity index is 2.35. The smallest absolute Gasteiger partial charge is 0.158 e. The molecule has 0 aliphatic heterocycles. The van der Waals surface area contributed by atoms with Crippen molar-refractivity contribution in [3.05, 3.63) is 48.6 Å². The van der Waals surface area contributed by atoms with Crippen LogP contribution >= 0.6 is 0 Å².